The van der Waals surface area contributed by atoms with Gasteiger partial charge in [0.15, 0.2) is 0 Å². The first-order valence-electron chi connectivity index (χ1n) is 19.9. The number of aromatic nitrogens is 1. The molecule has 0 spiro atoms. The van der Waals surface area contributed by atoms with Gasteiger partial charge in [-0.3, -0.25) is 0 Å². The van der Waals surface area contributed by atoms with Gasteiger partial charge < -0.3 is 9.47 Å². The lowest BCUT2D eigenvalue weighted by Gasteiger charge is -2.29. The van der Waals surface area contributed by atoms with E-state index in [0.717, 1.165) is 22.7 Å². The van der Waals surface area contributed by atoms with Gasteiger partial charge in [-0.15, -0.1) is 0 Å². The Morgan fingerprint density at radius 3 is 1.89 bits per heavy atom. The fourth-order valence-electron chi connectivity index (χ4n) is 9.50. The molecule has 0 unspecified atom stereocenters. The SMILES string of the molecule is CC1(C)c2ccccc2-c2c(-c3ccccc3N(c3ccc(-c4ccc5ccccc5c4)cc3)c3cccc4c3c3ccccc3n4-c3ccccc3)cccc21. The third-order valence-corrected chi connectivity index (χ3v) is 12.2. The first-order chi connectivity index (χ1) is 28.1. The van der Waals surface area contributed by atoms with Crippen LogP contribution in [0.3, 0.4) is 0 Å². The average molecular weight is 729 g/mol. The normalized spacial score (nSPS) is 12.9. The van der Waals surface area contributed by atoms with Crippen molar-refractivity contribution in [3.8, 4) is 39.1 Å². The number of para-hydroxylation sites is 3. The van der Waals surface area contributed by atoms with E-state index >= 15 is 0 Å². The van der Waals surface area contributed by atoms with E-state index in [0.29, 0.717) is 0 Å². The maximum atomic E-state index is 2.50. The molecule has 0 aliphatic heterocycles. The summed E-state index contributed by atoms with van der Waals surface area (Å²) in [6.07, 6.45) is 0. The van der Waals surface area contributed by atoms with Crippen LogP contribution in [-0.2, 0) is 5.41 Å². The van der Waals surface area contributed by atoms with Crippen molar-refractivity contribution in [3.63, 3.8) is 0 Å². The molecule has 9 aromatic carbocycles. The van der Waals surface area contributed by atoms with Crippen LogP contribution >= 0.6 is 0 Å². The van der Waals surface area contributed by atoms with Crippen molar-refractivity contribution in [2.75, 3.05) is 4.90 Å². The van der Waals surface area contributed by atoms with Crippen LogP contribution in [0.25, 0.3) is 71.6 Å². The van der Waals surface area contributed by atoms with Gasteiger partial charge in [0.2, 0.25) is 0 Å². The first-order valence-corrected chi connectivity index (χ1v) is 19.9. The summed E-state index contributed by atoms with van der Waals surface area (Å²) in [4.78, 5) is 2.50. The fraction of sp³-hybridized carbons (Fsp3) is 0.0545. The molecule has 11 rings (SSSR count). The maximum Gasteiger partial charge on any atom is 0.0562 e. The molecule has 0 radical (unpaired) electrons. The number of nitrogens with zero attached hydrogens (tertiary/aromatic N) is 2. The quantitative estimate of drug-likeness (QED) is 0.165. The summed E-state index contributed by atoms with van der Waals surface area (Å²) in [5.74, 6) is 0. The van der Waals surface area contributed by atoms with Crippen LogP contribution in [0.15, 0.2) is 206 Å². The van der Waals surface area contributed by atoms with Gasteiger partial charge in [0.25, 0.3) is 0 Å². The van der Waals surface area contributed by atoms with E-state index in [9.17, 15) is 0 Å². The van der Waals surface area contributed by atoms with Crippen LogP contribution in [0.4, 0.5) is 17.1 Å². The Hall–Kier alpha value is -7.16. The standard InChI is InChI=1S/C55H40N2/c1-55(2)47-24-11-8-21-45(47)53-44(23-14-25-48(53)55)43-20-9-12-26-49(43)57(42-34-32-38(33-35-42)40-31-30-37-16-6-7-17-39(37)36-40)52-29-15-28-51-54(52)46-22-10-13-27-50(46)56(51)41-18-4-3-5-19-41/h3-36H,1-2H3. The topological polar surface area (TPSA) is 8.17 Å². The summed E-state index contributed by atoms with van der Waals surface area (Å²) >= 11 is 0. The zero-order valence-electron chi connectivity index (χ0n) is 32.0. The van der Waals surface area contributed by atoms with E-state index < -0.39 is 0 Å². The minimum absolute atomic E-state index is 0.0972. The predicted octanol–water partition coefficient (Wildman–Crippen LogP) is 15.0. The van der Waals surface area contributed by atoms with E-state index in [1.54, 1.807) is 0 Å². The van der Waals surface area contributed by atoms with E-state index in [1.165, 1.54) is 77.1 Å². The maximum absolute atomic E-state index is 2.50. The molecule has 1 aromatic heterocycles. The smallest absolute Gasteiger partial charge is 0.0562 e. The Labute approximate surface area is 333 Å². The molecular weight excluding hydrogens is 689 g/mol. The summed E-state index contributed by atoms with van der Waals surface area (Å²) in [5.41, 5.74) is 17.0. The van der Waals surface area contributed by atoms with Gasteiger partial charge in [-0.05, 0) is 104 Å². The number of rotatable bonds is 6. The molecule has 2 heteroatoms. The second-order valence-corrected chi connectivity index (χ2v) is 15.7. The Bertz CT molecular complexity index is 3150. The number of benzene rings is 9. The Kier molecular flexibility index (Phi) is 7.55. The minimum Gasteiger partial charge on any atom is -0.309 e. The molecule has 0 fully saturated rings. The van der Waals surface area contributed by atoms with Crippen LogP contribution in [0.2, 0.25) is 0 Å². The van der Waals surface area contributed by atoms with Gasteiger partial charge in [0.1, 0.15) is 0 Å². The van der Waals surface area contributed by atoms with E-state index in [1.807, 2.05) is 0 Å². The van der Waals surface area contributed by atoms with Crippen LogP contribution in [0.1, 0.15) is 25.0 Å². The van der Waals surface area contributed by atoms with Gasteiger partial charge >= 0.3 is 0 Å². The molecule has 1 aliphatic rings. The lowest BCUT2D eigenvalue weighted by molar-refractivity contribution is 0.660. The highest BCUT2D eigenvalue weighted by Gasteiger charge is 2.37. The van der Waals surface area contributed by atoms with Crippen molar-refractivity contribution in [1.82, 2.24) is 4.57 Å². The van der Waals surface area contributed by atoms with Crippen LogP contribution in [0.5, 0.6) is 0 Å². The second kappa shape index (κ2) is 13.0. The largest absolute Gasteiger partial charge is 0.309 e. The molecular formula is C55H40N2. The van der Waals surface area contributed by atoms with Crippen molar-refractivity contribution >= 4 is 49.6 Å². The molecule has 0 saturated heterocycles. The molecule has 10 aromatic rings. The van der Waals surface area contributed by atoms with E-state index in [4.69, 9.17) is 0 Å². The van der Waals surface area contributed by atoms with Gasteiger partial charge in [-0.25, -0.2) is 0 Å². The molecule has 0 N–H and O–H groups in total. The molecule has 270 valence electrons. The summed E-state index contributed by atoms with van der Waals surface area (Å²) in [5, 5.41) is 4.94. The van der Waals surface area contributed by atoms with Crippen molar-refractivity contribution in [1.29, 1.82) is 0 Å². The van der Waals surface area contributed by atoms with E-state index in [-0.39, 0.29) is 5.41 Å². The second-order valence-electron chi connectivity index (χ2n) is 15.7. The van der Waals surface area contributed by atoms with Gasteiger partial charge in [-0.1, -0.05) is 166 Å². The van der Waals surface area contributed by atoms with Crippen molar-refractivity contribution in [2.24, 2.45) is 0 Å². The lowest BCUT2D eigenvalue weighted by Crippen LogP contribution is -2.15. The van der Waals surface area contributed by atoms with Crippen molar-refractivity contribution in [2.45, 2.75) is 19.3 Å². The lowest BCUT2D eigenvalue weighted by atomic mass is 9.82. The van der Waals surface area contributed by atoms with Gasteiger partial charge in [0.05, 0.1) is 22.4 Å². The number of fused-ring (bicyclic) bond motifs is 7. The van der Waals surface area contributed by atoms with E-state index in [2.05, 4.69) is 230 Å². The minimum atomic E-state index is -0.0972. The first kappa shape index (κ1) is 33.2. The predicted molar refractivity (Wildman–Crippen MR) is 241 cm³/mol. The highest BCUT2D eigenvalue weighted by molar-refractivity contribution is 6.17. The third kappa shape index (κ3) is 5.18. The monoisotopic (exact) mass is 728 g/mol. The third-order valence-electron chi connectivity index (χ3n) is 12.2. The summed E-state index contributed by atoms with van der Waals surface area (Å²) in [6, 6.07) is 75.7. The molecule has 0 atom stereocenters. The highest BCUT2D eigenvalue weighted by Crippen LogP contribution is 2.54. The molecule has 1 heterocycles. The zero-order chi connectivity index (χ0) is 38.1. The van der Waals surface area contributed by atoms with Gasteiger partial charge in [-0.2, -0.15) is 0 Å². The number of hydrogen-bond acceptors (Lipinski definition) is 1. The van der Waals surface area contributed by atoms with Crippen LogP contribution < -0.4 is 4.90 Å². The Morgan fingerprint density at radius 2 is 1.04 bits per heavy atom. The summed E-state index contributed by atoms with van der Waals surface area (Å²) in [6.45, 7) is 4.72. The molecule has 0 bridgehead atoms. The van der Waals surface area contributed by atoms with Crippen LogP contribution in [0, 0.1) is 0 Å². The number of hydrogen-bond donors (Lipinski definition) is 0. The fourth-order valence-corrected chi connectivity index (χ4v) is 9.50. The zero-order valence-corrected chi connectivity index (χ0v) is 32.0. The molecule has 0 saturated carbocycles. The van der Waals surface area contributed by atoms with Gasteiger partial charge in [0, 0.05) is 33.1 Å². The summed E-state index contributed by atoms with van der Waals surface area (Å²) in [7, 11) is 0. The molecule has 0 amide bonds. The highest BCUT2D eigenvalue weighted by atomic mass is 15.2. The Morgan fingerprint density at radius 1 is 0.421 bits per heavy atom. The number of anilines is 3. The van der Waals surface area contributed by atoms with Crippen molar-refractivity contribution in [3.05, 3.63) is 217 Å². The average Bonchev–Trinajstić information content (AvgIpc) is 3.73. The molecule has 57 heavy (non-hydrogen) atoms. The molecule has 1 aliphatic carbocycles. The Balaban J connectivity index is 1.17. The molecule has 2 nitrogen and oxygen atoms in total. The van der Waals surface area contributed by atoms with Crippen molar-refractivity contribution < 1.29 is 0 Å². The summed E-state index contributed by atoms with van der Waals surface area (Å²) < 4.78 is 2.41. The van der Waals surface area contributed by atoms with Crippen LogP contribution in [-0.4, -0.2) is 4.57 Å².